The summed E-state index contributed by atoms with van der Waals surface area (Å²) in [7, 11) is -1.25. The number of benzene rings is 4. The predicted octanol–water partition coefficient (Wildman–Crippen LogP) is 5.96. The minimum Gasteiger partial charge on any atom is -0.497 e. The number of carbonyl (C=O) groups is 2. The second-order valence-electron chi connectivity index (χ2n) is 11.4. The third-order valence-corrected chi connectivity index (χ3v) is 9.49. The van der Waals surface area contributed by atoms with Crippen molar-refractivity contribution in [2.75, 3.05) is 31.6 Å². The lowest BCUT2D eigenvalue weighted by Crippen LogP contribution is -2.53. The van der Waals surface area contributed by atoms with Crippen LogP contribution >= 0.6 is 11.6 Å². The number of hydrogen-bond acceptors (Lipinski definition) is 6. The molecule has 11 heteroatoms. The normalized spacial score (nSPS) is 11.9. The number of methoxy groups -OCH3 is 2. The van der Waals surface area contributed by atoms with Crippen molar-refractivity contribution in [3.63, 3.8) is 0 Å². The van der Waals surface area contributed by atoms with Crippen molar-refractivity contribution >= 4 is 39.1 Å². The molecule has 0 spiro atoms. The highest BCUT2D eigenvalue weighted by Gasteiger charge is 2.35. The number of hydrogen-bond donors (Lipinski definition) is 1. The van der Waals surface area contributed by atoms with Crippen LogP contribution in [0.2, 0.25) is 5.02 Å². The molecule has 0 aliphatic heterocycles. The van der Waals surface area contributed by atoms with E-state index in [0.717, 1.165) is 9.87 Å². The number of rotatable bonds is 15. The molecule has 9 nitrogen and oxygen atoms in total. The van der Waals surface area contributed by atoms with Crippen molar-refractivity contribution in [3.8, 4) is 11.5 Å². The van der Waals surface area contributed by atoms with E-state index in [-0.39, 0.29) is 35.4 Å². The number of anilines is 1. The lowest BCUT2D eigenvalue weighted by Gasteiger charge is -2.34. The zero-order chi connectivity index (χ0) is 34.0. The molecule has 248 valence electrons. The standard InChI is InChI=1S/C36H40ClN3O6S/c1-26(2)23-38-36(42)34(21-27-10-6-5-7-11-27)39(24-28-12-8-15-32(20-28)46-4)35(41)25-40(30-14-9-13-29(37)22-30)47(43,44)33-18-16-31(45-3)17-19-33/h5-20,22,26,34H,21,23-25H2,1-4H3,(H,38,42)/t34-/m1/s1. The summed E-state index contributed by atoms with van der Waals surface area (Å²) in [5.41, 5.74) is 1.75. The minimum atomic E-state index is -4.28. The van der Waals surface area contributed by atoms with E-state index in [2.05, 4.69) is 5.32 Å². The summed E-state index contributed by atoms with van der Waals surface area (Å²) in [5.74, 6) is 0.319. The third kappa shape index (κ3) is 9.49. The number of carbonyl (C=O) groups excluding carboxylic acids is 2. The van der Waals surface area contributed by atoms with Gasteiger partial charge in [0.05, 0.1) is 24.8 Å². The van der Waals surface area contributed by atoms with Gasteiger partial charge in [-0.25, -0.2) is 8.42 Å². The van der Waals surface area contributed by atoms with E-state index in [4.69, 9.17) is 21.1 Å². The van der Waals surface area contributed by atoms with E-state index in [1.54, 1.807) is 43.5 Å². The largest absolute Gasteiger partial charge is 0.497 e. The SMILES string of the molecule is COc1ccc(S(=O)(=O)N(CC(=O)N(Cc2cccc(OC)c2)[C@H](Cc2ccccc2)C(=O)NCC(C)C)c2cccc(Cl)c2)cc1. The first-order valence-electron chi connectivity index (χ1n) is 15.2. The molecule has 0 heterocycles. The fourth-order valence-electron chi connectivity index (χ4n) is 4.98. The van der Waals surface area contributed by atoms with Crippen LogP contribution in [0.4, 0.5) is 5.69 Å². The molecule has 0 aromatic heterocycles. The minimum absolute atomic E-state index is 0.0224. The lowest BCUT2D eigenvalue weighted by atomic mass is 10.0. The van der Waals surface area contributed by atoms with E-state index >= 15 is 0 Å². The van der Waals surface area contributed by atoms with Crippen molar-refractivity contribution < 1.29 is 27.5 Å². The molecule has 4 rings (SSSR count). The number of sulfonamides is 1. The molecule has 0 radical (unpaired) electrons. The van der Waals surface area contributed by atoms with E-state index in [1.807, 2.05) is 50.2 Å². The Hall–Kier alpha value is -4.54. The van der Waals surface area contributed by atoms with E-state index < -0.39 is 28.5 Å². The first-order valence-corrected chi connectivity index (χ1v) is 17.0. The maximum absolute atomic E-state index is 14.6. The van der Waals surface area contributed by atoms with Gasteiger partial charge in [0.1, 0.15) is 24.1 Å². The molecule has 0 saturated carbocycles. The van der Waals surface area contributed by atoms with Crippen molar-refractivity contribution in [3.05, 3.63) is 119 Å². The Labute approximate surface area is 282 Å². The van der Waals surface area contributed by atoms with Gasteiger partial charge in [-0.2, -0.15) is 0 Å². The molecular weight excluding hydrogens is 638 g/mol. The van der Waals surface area contributed by atoms with Crippen LogP contribution in [0.15, 0.2) is 108 Å². The molecule has 4 aromatic rings. The van der Waals surface area contributed by atoms with Crippen LogP contribution in [-0.4, -0.2) is 58.5 Å². The third-order valence-electron chi connectivity index (χ3n) is 7.47. The molecule has 0 aliphatic rings. The van der Waals surface area contributed by atoms with Gasteiger partial charge >= 0.3 is 0 Å². The number of ether oxygens (including phenoxy) is 2. The van der Waals surface area contributed by atoms with Gasteiger partial charge in [0.2, 0.25) is 11.8 Å². The Morgan fingerprint density at radius 3 is 2.11 bits per heavy atom. The topological polar surface area (TPSA) is 105 Å². The van der Waals surface area contributed by atoms with Crippen LogP contribution in [0, 0.1) is 5.92 Å². The van der Waals surface area contributed by atoms with Gasteiger partial charge in [0.15, 0.2) is 0 Å². The zero-order valence-corrected chi connectivity index (χ0v) is 28.5. The number of amides is 2. The van der Waals surface area contributed by atoms with E-state index in [1.165, 1.54) is 42.3 Å². The van der Waals surface area contributed by atoms with Gasteiger partial charge < -0.3 is 19.7 Å². The van der Waals surface area contributed by atoms with Gasteiger partial charge in [0, 0.05) is 24.5 Å². The Morgan fingerprint density at radius 2 is 1.47 bits per heavy atom. The Balaban J connectivity index is 1.81. The summed E-state index contributed by atoms with van der Waals surface area (Å²) in [5, 5.41) is 3.29. The molecule has 0 fully saturated rings. The average molecular weight is 678 g/mol. The molecule has 2 amide bonds. The Kier molecular flexibility index (Phi) is 12.3. The molecule has 0 unspecified atom stereocenters. The van der Waals surface area contributed by atoms with Crippen LogP contribution in [0.1, 0.15) is 25.0 Å². The molecule has 47 heavy (non-hydrogen) atoms. The van der Waals surface area contributed by atoms with Gasteiger partial charge in [-0.1, -0.05) is 74.0 Å². The maximum atomic E-state index is 14.6. The quantitative estimate of drug-likeness (QED) is 0.166. The van der Waals surface area contributed by atoms with Crippen molar-refractivity contribution in [2.45, 2.75) is 37.8 Å². The Bertz CT molecular complexity index is 1750. The molecular formula is C36H40ClN3O6S. The monoisotopic (exact) mass is 677 g/mol. The van der Waals surface area contributed by atoms with Crippen LogP contribution in [-0.2, 0) is 32.6 Å². The van der Waals surface area contributed by atoms with Crippen molar-refractivity contribution in [1.29, 1.82) is 0 Å². The summed E-state index contributed by atoms with van der Waals surface area (Å²) < 4.78 is 40.0. The van der Waals surface area contributed by atoms with Crippen LogP contribution in [0.5, 0.6) is 11.5 Å². The van der Waals surface area contributed by atoms with Crippen molar-refractivity contribution in [2.24, 2.45) is 5.92 Å². The fraction of sp³-hybridized carbons (Fsp3) is 0.278. The highest BCUT2D eigenvalue weighted by molar-refractivity contribution is 7.92. The van der Waals surface area contributed by atoms with E-state index in [9.17, 15) is 18.0 Å². The summed E-state index contributed by atoms with van der Waals surface area (Å²) >= 11 is 6.30. The number of nitrogens with zero attached hydrogens (tertiary/aromatic N) is 2. The molecule has 4 aromatic carbocycles. The first kappa shape index (κ1) is 35.3. The second-order valence-corrected chi connectivity index (χ2v) is 13.7. The molecule has 0 saturated heterocycles. The smallest absolute Gasteiger partial charge is 0.264 e. The summed E-state index contributed by atoms with van der Waals surface area (Å²) in [4.78, 5) is 29.9. The summed E-state index contributed by atoms with van der Waals surface area (Å²) in [6.07, 6.45) is 0.211. The molecule has 0 bridgehead atoms. The van der Waals surface area contributed by atoms with Crippen LogP contribution in [0.3, 0.4) is 0 Å². The Morgan fingerprint density at radius 1 is 0.809 bits per heavy atom. The summed E-state index contributed by atoms with van der Waals surface area (Å²) in [6.45, 7) is 3.80. The van der Waals surface area contributed by atoms with Gasteiger partial charge in [-0.15, -0.1) is 0 Å². The fourth-order valence-corrected chi connectivity index (χ4v) is 6.57. The predicted molar refractivity (Wildman–Crippen MR) is 184 cm³/mol. The zero-order valence-electron chi connectivity index (χ0n) is 26.9. The highest BCUT2D eigenvalue weighted by Crippen LogP contribution is 2.28. The molecule has 1 N–H and O–H groups in total. The van der Waals surface area contributed by atoms with Gasteiger partial charge in [-0.05, 0) is 71.6 Å². The summed E-state index contributed by atoms with van der Waals surface area (Å²) in [6, 6.07) is 27.9. The average Bonchev–Trinajstić information content (AvgIpc) is 3.08. The molecule has 1 atom stereocenters. The number of halogens is 1. The maximum Gasteiger partial charge on any atom is 0.264 e. The second kappa shape index (κ2) is 16.3. The van der Waals surface area contributed by atoms with Gasteiger partial charge in [0.25, 0.3) is 10.0 Å². The number of nitrogens with one attached hydrogen (secondary N) is 1. The van der Waals surface area contributed by atoms with E-state index in [0.29, 0.717) is 28.6 Å². The van der Waals surface area contributed by atoms with Gasteiger partial charge in [-0.3, -0.25) is 13.9 Å². The molecule has 0 aliphatic carbocycles. The lowest BCUT2D eigenvalue weighted by molar-refractivity contribution is -0.140. The van der Waals surface area contributed by atoms with Crippen LogP contribution in [0.25, 0.3) is 0 Å². The first-order chi connectivity index (χ1) is 22.5. The van der Waals surface area contributed by atoms with Crippen LogP contribution < -0.4 is 19.1 Å². The highest BCUT2D eigenvalue weighted by atomic mass is 35.5. The van der Waals surface area contributed by atoms with Crippen molar-refractivity contribution in [1.82, 2.24) is 10.2 Å².